The van der Waals surface area contributed by atoms with Crippen molar-refractivity contribution >= 4 is 17.6 Å². The second-order valence-electron chi connectivity index (χ2n) is 3.69. The molecule has 3 nitrogen and oxygen atoms in total. The Morgan fingerprint density at radius 3 is 2.67 bits per heavy atom. The number of hydrogen-bond acceptors (Lipinski definition) is 4. The van der Waals surface area contributed by atoms with Gasteiger partial charge in [-0.2, -0.15) is 0 Å². The minimum atomic E-state index is 0.452. The van der Waals surface area contributed by atoms with Gasteiger partial charge in [-0.15, -0.1) is 11.8 Å². The molecule has 84 valence electrons. The maximum Gasteiger partial charge on any atom is 0.133 e. The van der Waals surface area contributed by atoms with Crippen LogP contribution in [-0.2, 0) is 0 Å². The molecule has 1 rings (SSSR count). The van der Waals surface area contributed by atoms with Crippen molar-refractivity contribution in [2.24, 2.45) is 0 Å². The van der Waals surface area contributed by atoms with Crippen LogP contribution in [0.4, 0.5) is 5.82 Å². The van der Waals surface area contributed by atoms with E-state index in [1.807, 2.05) is 18.8 Å². The van der Waals surface area contributed by atoms with E-state index in [4.69, 9.17) is 0 Å². The van der Waals surface area contributed by atoms with Gasteiger partial charge < -0.3 is 5.32 Å². The molecule has 0 aliphatic carbocycles. The highest BCUT2D eigenvalue weighted by molar-refractivity contribution is 7.99. The second kappa shape index (κ2) is 5.95. The molecule has 0 saturated carbocycles. The van der Waals surface area contributed by atoms with Crippen LogP contribution in [0.15, 0.2) is 11.4 Å². The molecular weight excluding hydrogens is 206 g/mol. The summed E-state index contributed by atoms with van der Waals surface area (Å²) in [4.78, 5) is 8.61. The average molecular weight is 225 g/mol. The SMILES string of the molecule is CCCSc1ncnc(NC)c1C(C)C. The van der Waals surface area contributed by atoms with Crippen molar-refractivity contribution in [2.45, 2.75) is 38.1 Å². The van der Waals surface area contributed by atoms with E-state index >= 15 is 0 Å². The van der Waals surface area contributed by atoms with Gasteiger partial charge in [0.15, 0.2) is 0 Å². The first-order chi connectivity index (χ1) is 7.20. The fraction of sp³-hybridized carbons (Fsp3) is 0.636. The number of thioether (sulfide) groups is 1. The zero-order chi connectivity index (χ0) is 11.3. The lowest BCUT2D eigenvalue weighted by molar-refractivity contribution is 0.805. The molecule has 1 aromatic rings. The van der Waals surface area contributed by atoms with Crippen LogP contribution in [0.3, 0.4) is 0 Å². The topological polar surface area (TPSA) is 37.8 Å². The van der Waals surface area contributed by atoms with Crippen molar-refractivity contribution in [3.63, 3.8) is 0 Å². The largest absolute Gasteiger partial charge is 0.373 e. The van der Waals surface area contributed by atoms with Crippen LogP contribution < -0.4 is 5.32 Å². The van der Waals surface area contributed by atoms with Crippen LogP contribution >= 0.6 is 11.8 Å². The van der Waals surface area contributed by atoms with Crippen LogP contribution in [0, 0.1) is 0 Å². The third kappa shape index (κ3) is 3.09. The molecule has 1 heterocycles. The third-order valence-corrected chi connectivity index (χ3v) is 3.32. The van der Waals surface area contributed by atoms with Crippen molar-refractivity contribution in [3.05, 3.63) is 11.9 Å². The second-order valence-corrected chi connectivity index (χ2v) is 4.78. The van der Waals surface area contributed by atoms with E-state index in [0.717, 1.165) is 16.6 Å². The Hall–Kier alpha value is -0.770. The number of anilines is 1. The highest BCUT2D eigenvalue weighted by atomic mass is 32.2. The van der Waals surface area contributed by atoms with Gasteiger partial charge >= 0.3 is 0 Å². The van der Waals surface area contributed by atoms with Gasteiger partial charge in [-0.05, 0) is 18.1 Å². The first-order valence-electron chi connectivity index (χ1n) is 5.36. The Labute approximate surface area is 96.1 Å². The van der Waals surface area contributed by atoms with Crippen LogP contribution in [0.1, 0.15) is 38.7 Å². The van der Waals surface area contributed by atoms with Gasteiger partial charge in [0.2, 0.25) is 0 Å². The molecule has 0 aliphatic rings. The molecule has 4 heteroatoms. The lowest BCUT2D eigenvalue weighted by Crippen LogP contribution is -2.04. The lowest BCUT2D eigenvalue weighted by Gasteiger charge is -2.14. The number of hydrogen-bond donors (Lipinski definition) is 1. The van der Waals surface area contributed by atoms with E-state index in [1.54, 1.807) is 6.33 Å². The van der Waals surface area contributed by atoms with E-state index in [9.17, 15) is 0 Å². The van der Waals surface area contributed by atoms with Gasteiger partial charge in [-0.25, -0.2) is 9.97 Å². The van der Waals surface area contributed by atoms with Gasteiger partial charge in [0.1, 0.15) is 17.2 Å². The first-order valence-corrected chi connectivity index (χ1v) is 6.34. The highest BCUT2D eigenvalue weighted by Gasteiger charge is 2.13. The summed E-state index contributed by atoms with van der Waals surface area (Å²) in [5.74, 6) is 2.52. The summed E-state index contributed by atoms with van der Waals surface area (Å²) in [5.41, 5.74) is 1.23. The summed E-state index contributed by atoms with van der Waals surface area (Å²) in [6.45, 7) is 6.54. The van der Waals surface area contributed by atoms with E-state index < -0.39 is 0 Å². The number of nitrogens with zero attached hydrogens (tertiary/aromatic N) is 2. The molecular formula is C11H19N3S. The molecule has 0 spiro atoms. The third-order valence-electron chi connectivity index (χ3n) is 2.10. The zero-order valence-corrected chi connectivity index (χ0v) is 10.7. The Morgan fingerprint density at radius 2 is 2.13 bits per heavy atom. The normalized spacial score (nSPS) is 10.7. The van der Waals surface area contributed by atoms with Crippen molar-refractivity contribution in [1.29, 1.82) is 0 Å². The van der Waals surface area contributed by atoms with E-state index in [-0.39, 0.29) is 0 Å². The lowest BCUT2D eigenvalue weighted by atomic mass is 10.1. The maximum absolute atomic E-state index is 4.36. The van der Waals surface area contributed by atoms with Gasteiger partial charge in [-0.1, -0.05) is 20.8 Å². The number of rotatable bonds is 5. The molecule has 0 radical (unpaired) electrons. The van der Waals surface area contributed by atoms with Gasteiger partial charge in [0.25, 0.3) is 0 Å². The molecule has 0 unspecified atom stereocenters. The van der Waals surface area contributed by atoms with Gasteiger partial charge in [0.05, 0.1) is 0 Å². The molecule has 0 amide bonds. The molecule has 0 bridgehead atoms. The molecule has 1 N–H and O–H groups in total. The van der Waals surface area contributed by atoms with Crippen LogP contribution in [-0.4, -0.2) is 22.8 Å². The van der Waals surface area contributed by atoms with Crippen molar-refractivity contribution in [1.82, 2.24) is 9.97 Å². The van der Waals surface area contributed by atoms with Crippen molar-refractivity contribution in [3.8, 4) is 0 Å². The minimum Gasteiger partial charge on any atom is -0.373 e. The van der Waals surface area contributed by atoms with Crippen LogP contribution in [0.2, 0.25) is 0 Å². The molecule has 0 atom stereocenters. The smallest absolute Gasteiger partial charge is 0.133 e. The monoisotopic (exact) mass is 225 g/mol. The predicted molar refractivity (Wildman–Crippen MR) is 66.7 cm³/mol. The highest BCUT2D eigenvalue weighted by Crippen LogP contribution is 2.31. The Balaban J connectivity index is 3.02. The Morgan fingerprint density at radius 1 is 1.40 bits per heavy atom. The summed E-state index contributed by atoms with van der Waals surface area (Å²) in [6.07, 6.45) is 2.80. The fourth-order valence-electron chi connectivity index (χ4n) is 1.41. The standard InChI is InChI=1S/C11H19N3S/c1-5-6-15-11-9(8(2)3)10(12-4)13-7-14-11/h7-8H,5-6H2,1-4H3,(H,12,13,14). The summed E-state index contributed by atoms with van der Waals surface area (Å²) >= 11 is 1.81. The fourth-order valence-corrected chi connectivity index (χ4v) is 2.42. The molecule has 1 aromatic heterocycles. The summed E-state index contributed by atoms with van der Waals surface area (Å²) in [5, 5.41) is 4.25. The van der Waals surface area contributed by atoms with Crippen LogP contribution in [0.5, 0.6) is 0 Å². The summed E-state index contributed by atoms with van der Waals surface area (Å²) in [6, 6.07) is 0. The Kier molecular flexibility index (Phi) is 4.88. The molecule has 0 saturated heterocycles. The van der Waals surface area contributed by atoms with Crippen molar-refractivity contribution < 1.29 is 0 Å². The van der Waals surface area contributed by atoms with E-state index in [2.05, 4.69) is 36.1 Å². The van der Waals surface area contributed by atoms with E-state index in [0.29, 0.717) is 5.92 Å². The van der Waals surface area contributed by atoms with Crippen LogP contribution in [0.25, 0.3) is 0 Å². The van der Waals surface area contributed by atoms with Gasteiger partial charge in [0, 0.05) is 12.6 Å². The maximum atomic E-state index is 4.36. The molecule has 0 aromatic carbocycles. The number of nitrogens with one attached hydrogen (secondary N) is 1. The quantitative estimate of drug-likeness (QED) is 0.617. The predicted octanol–water partition coefficient (Wildman–Crippen LogP) is 3.14. The Bertz CT molecular complexity index is 313. The number of aromatic nitrogens is 2. The van der Waals surface area contributed by atoms with E-state index in [1.165, 1.54) is 12.0 Å². The molecule has 0 aliphatic heterocycles. The molecule has 0 fully saturated rings. The zero-order valence-electron chi connectivity index (χ0n) is 9.87. The minimum absolute atomic E-state index is 0.452. The molecule has 15 heavy (non-hydrogen) atoms. The first kappa shape index (κ1) is 12.3. The van der Waals surface area contributed by atoms with Crippen molar-refractivity contribution in [2.75, 3.05) is 18.1 Å². The summed E-state index contributed by atoms with van der Waals surface area (Å²) < 4.78 is 0. The summed E-state index contributed by atoms with van der Waals surface area (Å²) in [7, 11) is 1.91. The average Bonchev–Trinajstić information content (AvgIpc) is 2.25. The van der Waals surface area contributed by atoms with Gasteiger partial charge in [-0.3, -0.25) is 0 Å².